The van der Waals surface area contributed by atoms with Crippen molar-refractivity contribution in [2.45, 2.75) is 12.8 Å². The summed E-state index contributed by atoms with van der Waals surface area (Å²) >= 11 is 0. The zero-order chi connectivity index (χ0) is 7.23. The summed E-state index contributed by atoms with van der Waals surface area (Å²) < 4.78 is 5.10. The van der Waals surface area contributed by atoms with Crippen LogP contribution in [0.3, 0.4) is 0 Å². The fourth-order valence-electron chi connectivity index (χ4n) is 0.870. The van der Waals surface area contributed by atoms with Crippen LogP contribution in [0.15, 0.2) is 16.9 Å². The first-order valence-electron chi connectivity index (χ1n) is 3.23. The zero-order valence-corrected chi connectivity index (χ0v) is 5.66. The molecule has 54 valence electrons. The first-order valence-corrected chi connectivity index (χ1v) is 3.23. The molecule has 0 N–H and O–H groups in total. The lowest BCUT2D eigenvalue weighted by atomic mass is 10.1. The maximum Gasteiger partial charge on any atom is 0.0503 e. The molecule has 0 saturated carbocycles. The van der Waals surface area contributed by atoms with Crippen LogP contribution >= 0.6 is 0 Å². The highest BCUT2D eigenvalue weighted by Crippen LogP contribution is 2.12. The van der Waals surface area contributed by atoms with Gasteiger partial charge >= 0.3 is 0 Å². The molecule has 1 saturated heterocycles. The van der Waals surface area contributed by atoms with Crippen molar-refractivity contribution in [1.82, 2.24) is 0 Å². The average Bonchev–Trinajstić information content (AvgIpc) is 2.03. The molecule has 0 radical (unpaired) electrons. The van der Waals surface area contributed by atoms with Crippen molar-refractivity contribution in [3.63, 3.8) is 0 Å². The Balaban J connectivity index is 2.44. The van der Waals surface area contributed by atoms with Crippen molar-refractivity contribution in [3.8, 4) is 0 Å². The van der Waals surface area contributed by atoms with E-state index in [1.165, 1.54) is 5.57 Å². The summed E-state index contributed by atoms with van der Waals surface area (Å²) in [5.74, 6) is 0. The fourth-order valence-corrected chi connectivity index (χ4v) is 0.870. The van der Waals surface area contributed by atoms with Crippen LogP contribution in [0.4, 0.5) is 0 Å². The Labute approximate surface area is 59.1 Å². The third kappa shape index (κ3) is 2.09. The van der Waals surface area contributed by atoms with Crippen LogP contribution in [0.25, 0.3) is 10.4 Å². The monoisotopic (exact) mass is 139 g/mol. The molecule has 4 heteroatoms. The molecule has 0 bridgehead atoms. The number of hydrogen-bond donors (Lipinski definition) is 0. The van der Waals surface area contributed by atoms with Crippen LogP contribution in [0.2, 0.25) is 0 Å². The van der Waals surface area contributed by atoms with E-state index in [1.54, 1.807) is 6.20 Å². The van der Waals surface area contributed by atoms with Gasteiger partial charge in [0.25, 0.3) is 0 Å². The van der Waals surface area contributed by atoms with E-state index in [-0.39, 0.29) is 0 Å². The van der Waals surface area contributed by atoms with Gasteiger partial charge in [0.2, 0.25) is 0 Å². The Kier molecular flexibility index (Phi) is 2.80. The molecule has 0 aromatic carbocycles. The predicted octanol–water partition coefficient (Wildman–Crippen LogP) is 1.99. The van der Waals surface area contributed by atoms with Gasteiger partial charge in [0, 0.05) is 11.1 Å². The van der Waals surface area contributed by atoms with E-state index in [9.17, 15) is 0 Å². The second-order valence-corrected chi connectivity index (χ2v) is 2.10. The Morgan fingerprint density at radius 1 is 1.50 bits per heavy atom. The van der Waals surface area contributed by atoms with Crippen LogP contribution in [-0.4, -0.2) is 13.2 Å². The predicted molar refractivity (Wildman–Crippen MR) is 37.3 cm³/mol. The van der Waals surface area contributed by atoms with E-state index in [2.05, 4.69) is 10.0 Å². The molecule has 0 atom stereocenters. The molecule has 10 heavy (non-hydrogen) atoms. The average molecular weight is 139 g/mol. The molecule has 4 nitrogen and oxygen atoms in total. The van der Waals surface area contributed by atoms with Crippen molar-refractivity contribution in [2.75, 3.05) is 13.2 Å². The maximum atomic E-state index is 7.98. The summed E-state index contributed by atoms with van der Waals surface area (Å²) in [4.78, 5) is 2.64. The summed E-state index contributed by atoms with van der Waals surface area (Å²) in [7, 11) is 0. The molecule has 1 heterocycles. The SMILES string of the molecule is [N-]=[N+]=NC=C1CCOCC1. The molecular weight excluding hydrogens is 130 g/mol. The Bertz CT molecular complexity index is 173. The van der Waals surface area contributed by atoms with Gasteiger partial charge in [-0.25, -0.2) is 0 Å². The first-order chi connectivity index (χ1) is 4.93. The highest BCUT2D eigenvalue weighted by molar-refractivity contribution is 5.02. The van der Waals surface area contributed by atoms with Crippen molar-refractivity contribution in [3.05, 3.63) is 22.2 Å². The minimum absolute atomic E-state index is 0.757. The van der Waals surface area contributed by atoms with Crippen molar-refractivity contribution < 1.29 is 4.74 Å². The van der Waals surface area contributed by atoms with E-state index in [1.807, 2.05) is 0 Å². The largest absolute Gasteiger partial charge is 0.381 e. The lowest BCUT2D eigenvalue weighted by molar-refractivity contribution is 0.119. The highest BCUT2D eigenvalue weighted by Gasteiger charge is 2.02. The van der Waals surface area contributed by atoms with Gasteiger partial charge in [0.05, 0.1) is 13.2 Å². The van der Waals surface area contributed by atoms with Gasteiger partial charge in [-0.1, -0.05) is 10.7 Å². The van der Waals surface area contributed by atoms with Crippen LogP contribution in [0.5, 0.6) is 0 Å². The van der Waals surface area contributed by atoms with Crippen molar-refractivity contribution >= 4 is 0 Å². The Hall–Kier alpha value is -0.990. The van der Waals surface area contributed by atoms with Gasteiger partial charge in [-0.3, -0.25) is 0 Å². The Morgan fingerprint density at radius 2 is 2.20 bits per heavy atom. The lowest BCUT2D eigenvalue weighted by Gasteiger charge is -2.12. The number of nitrogens with zero attached hydrogens (tertiary/aromatic N) is 3. The number of azide groups is 1. The normalized spacial score (nSPS) is 17.8. The molecule has 0 aromatic rings. The standard InChI is InChI=1S/C6H9N3O/c7-9-8-5-6-1-3-10-4-2-6/h5H,1-4H2. The van der Waals surface area contributed by atoms with Crippen LogP contribution in [-0.2, 0) is 4.74 Å². The van der Waals surface area contributed by atoms with E-state index < -0.39 is 0 Å². The fraction of sp³-hybridized carbons (Fsp3) is 0.667. The second kappa shape index (κ2) is 3.93. The molecule has 0 amide bonds. The summed E-state index contributed by atoms with van der Waals surface area (Å²) in [6.07, 6.45) is 3.39. The molecule has 0 aliphatic carbocycles. The van der Waals surface area contributed by atoms with Gasteiger partial charge in [-0.05, 0) is 18.4 Å². The lowest BCUT2D eigenvalue weighted by Crippen LogP contribution is -2.06. The van der Waals surface area contributed by atoms with Gasteiger partial charge < -0.3 is 4.74 Å². The molecule has 0 spiro atoms. The number of rotatable bonds is 1. The van der Waals surface area contributed by atoms with Crippen molar-refractivity contribution in [1.29, 1.82) is 0 Å². The summed E-state index contributed by atoms with van der Waals surface area (Å²) in [5, 5.41) is 3.36. The van der Waals surface area contributed by atoms with Crippen LogP contribution in [0.1, 0.15) is 12.8 Å². The molecule has 1 fully saturated rings. The van der Waals surface area contributed by atoms with Crippen LogP contribution < -0.4 is 0 Å². The number of ether oxygens (including phenoxy) is 1. The summed E-state index contributed by atoms with van der Waals surface area (Å²) in [5.41, 5.74) is 9.16. The number of hydrogen-bond acceptors (Lipinski definition) is 2. The third-order valence-corrected chi connectivity index (χ3v) is 1.43. The van der Waals surface area contributed by atoms with Gasteiger partial charge in [0.15, 0.2) is 0 Å². The van der Waals surface area contributed by atoms with E-state index in [0.29, 0.717) is 0 Å². The van der Waals surface area contributed by atoms with Crippen LogP contribution in [0, 0.1) is 0 Å². The molecule has 1 aliphatic rings. The molecular formula is C6H9N3O. The minimum Gasteiger partial charge on any atom is -0.381 e. The van der Waals surface area contributed by atoms with Gasteiger partial charge in [0.1, 0.15) is 0 Å². The van der Waals surface area contributed by atoms with Gasteiger partial charge in [-0.2, -0.15) is 0 Å². The third-order valence-electron chi connectivity index (χ3n) is 1.43. The topological polar surface area (TPSA) is 58.0 Å². The molecule has 1 rings (SSSR count). The smallest absolute Gasteiger partial charge is 0.0503 e. The zero-order valence-electron chi connectivity index (χ0n) is 5.66. The van der Waals surface area contributed by atoms with E-state index in [4.69, 9.17) is 10.3 Å². The Morgan fingerprint density at radius 3 is 2.80 bits per heavy atom. The molecule has 1 aliphatic heterocycles. The molecule has 0 aromatic heterocycles. The second-order valence-electron chi connectivity index (χ2n) is 2.10. The summed E-state index contributed by atoms with van der Waals surface area (Å²) in [6.45, 7) is 1.51. The minimum atomic E-state index is 0.757. The van der Waals surface area contributed by atoms with Gasteiger partial charge in [-0.15, -0.1) is 0 Å². The summed E-state index contributed by atoms with van der Waals surface area (Å²) in [6, 6.07) is 0. The quantitative estimate of drug-likeness (QED) is 0.311. The first kappa shape index (κ1) is 7.12. The highest BCUT2D eigenvalue weighted by atomic mass is 16.5. The van der Waals surface area contributed by atoms with Crippen molar-refractivity contribution in [2.24, 2.45) is 5.11 Å². The maximum absolute atomic E-state index is 7.98. The molecule has 0 unspecified atom stereocenters. The van der Waals surface area contributed by atoms with E-state index >= 15 is 0 Å². The van der Waals surface area contributed by atoms with E-state index in [0.717, 1.165) is 26.1 Å².